The molecule has 1 aliphatic heterocycles. The lowest BCUT2D eigenvalue weighted by molar-refractivity contribution is -0.116. The second-order valence-corrected chi connectivity index (χ2v) is 6.90. The SMILES string of the molecule is O=C(Nc1ccc(Cl)nc1)C1CCCCS1(=O)=O. The van der Waals surface area contributed by atoms with E-state index < -0.39 is 21.0 Å². The molecule has 1 unspecified atom stereocenters. The van der Waals surface area contributed by atoms with Crippen LogP contribution in [0.5, 0.6) is 0 Å². The summed E-state index contributed by atoms with van der Waals surface area (Å²) in [4.78, 5) is 15.7. The fourth-order valence-electron chi connectivity index (χ4n) is 1.92. The largest absolute Gasteiger partial charge is 0.324 e. The van der Waals surface area contributed by atoms with Crippen LogP contribution in [0.2, 0.25) is 5.15 Å². The van der Waals surface area contributed by atoms with Crippen LogP contribution in [0.4, 0.5) is 5.69 Å². The average Bonchev–Trinajstić information content (AvgIpc) is 2.31. The highest BCUT2D eigenvalue weighted by Gasteiger charge is 2.34. The number of hydrogen-bond acceptors (Lipinski definition) is 4. The van der Waals surface area contributed by atoms with Crippen molar-refractivity contribution in [3.63, 3.8) is 0 Å². The maximum atomic E-state index is 11.9. The lowest BCUT2D eigenvalue weighted by Gasteiger charge is -2.21. The molecule has 1 saturated heterocycles. The number of anilines is 1. The van der Waals surface area contributed by atoms with Crippen LogP contribution in [0.25, 0.3) is 0 Å². The van der Waals surface area contributed by atoms with Crippen molar-refractivity contribution in [1.82, 2.24) is 4.98 Å². The number of carbonyl (C=O) groups is 1. The van der Waals surface area contributed by atoms with E-state index in [0.29, 0.717) is 23.7 Å². The molecule has 0 bridgehead atoms. The van der Waals surface area contributed by atoms with Gasteiger partial charge in [-0.3, -0.25) is 4.79 Å². The Bertz CT molecular complexity index is 542. The van der Waals surface area contributed by atoms with E-state index >= 15 is 0 Å². The fourth-order valence-corrected chi connectivity index (χ4v) is 3.84. The van der Waals surface area contributed by atoms with Gasteiger partial charge in [-0.2, -0.15) is 0 Å². The topological polar surface area (TPSA) is 76.1 Å². The Morgan fingerprint density at radius 3 is 2.78 bits per heavy atom. The molecule has 2 heterocycles. The van der Waals surface area contributed by atoms with Crippen LogP contribution in [-0.2, 0) is 14.6 Å². The van der Waals surface area contributed by atoms with Gasteiger partial charge >= 0.3 is 0 Å². The number of nitrogens with zero attached hydrogens (tertiary/aromatic N) is 1. The molecule has 0 saturated carbocycles. The zero-order valence-corrected chi connectivity index (χ0v) is 11.2. The molecule has 1 amide bonds. The Kier molecular flexibility index (Phi) is 3.87. The predicted molar refractivity (Wildman–Crippen MR) is 69.3 cm³/mol. The maximum Gasteiger partial charge on any atom is 0.242 e. The van der Waals surface area contributed by atoms with E-state index in [1.807, 2.05) is 0 Å². The standard InChI is InChI=1S/C11H13ClN2O3S/c12-10-5-4-8(7-13-10)14-11(15)9-3-1-2-6-18(9,16)17/h4-5,7,9H,1-3,6H2,(H,14,15). The predicted octanol–water partition coefficient (Wildman–Crippen LogP) is 1.64. The van der Waals surface area contributed by atoms with Crippen molar-refractivity contribution >= 4 is 33.0 Å². The maximum absolute atomic E-state index is 11.9. The van der Waals surface area contributed by atoms with E-state index in [9.17, 15) is 13.2 Å². The van der Waals surface area contributed by atoms with Crippen LogP contribution in [0.3, 0.4) is 0 Å². The molecule has 1 aliphatic rings. The Morgan fingerprint density at radius 2 is 2.17 bits per heavy atom. The smallest absolute Gasteiger partial charge is 0.242 e. The lowest BCUT2D eigenvalue weighted by atomic mass is 10.2. The van der Waals surface area contributed by atoms with Crippen LogP contribution >= 0.6 is 11.6 Å². The number of hydrogen-bond donors (Lipinski definition) is 1. The van der Waals surface area contributed by atoms with E-state index in [1.54, 1.807) is 6.07 Å². The number of aromatic nitrogens is 1. The van der Waals surface area contributed by atoms with Crippen molar-refractivity contribution in [1.29, 1.82) is 0 Å². The summed E-state index contributed by atoms with van der Waals surface area (Å²) in [6.45, 7) is 0. The quantitative estimate of drug-likeness (QED) is 0.840. The van der Waals surface area contributed by atoms with E-state index in [1.165, 1.54) is 12.3 Å². The molecule has 1 atom stereocenters. The van der Waals surface area contributed by atoms with Crippen LogP contribution in [-0.4, -0.2) is 30.3 Å². The first-order chi connectivity index (χ1) is 8.49. The molecule has 1 N–H and O–H groups in total. The number of carbonyl (C=O) groups excluding carboxylic acids is 1. The number of halogens is 1. The summed E-state index contributed by atoms with van der Waals surface area (Å²) in [5.74, 6) is -0.400. The number of sulfone groups is 1. The molecule has 7 heteroatoms. The highest BCUT2D eigenvalue weighted by Crippen LogP contribution is 2.21. The molecule has 1 aromatic heterocycles. The summed E-state index contributed by atoms with van der Waals surface area (Å²) in [5.41, 5.74) is 0.449. The molecule has 0 radical (unpaired) electrons. The van der Waals surface area contributed by atoms with Crippen LogP contribution in [0.15, 0.2) is 18.3 Å². The van der Waals surface area contributed by atoms with Crippen molar-refractivity contribution in [2.45, 2.75) is 24.5 Å². The Morgan fingerprint density at radius 1 is 1.39 bits per heavy atom. The summed E-state index contributed by atoms with van der Waals surface area (Å²) in [7, 11) is -3.31. The van der Waals surface area contributed by atoms with E-state index in [2.05, 4.69) is 10.3 Å². The molecule has 98 valence electrons. The van der Waals surface area contributed by atoms with Crippen LogP contribution in [0, 0.1) is 0 Å². The zero-order chi connectivity index (χ0) is 13.2. The zero-order valence-electron chi connectivity index (χ0n) is 9.60. The minimum Gasteiger partial charge on any atom is -0.324 e. The van der Waals surface area contributed by atoms with Gasteiger partial charge in [0, 0.05) is 0 Å². The first-order valence-corrected chi connectivity index (χ1v) is 7.72. The minimum absolute atomic E-state index is 0.0873. The van der Waals surface area contributed by atoms with Gasteiger partial charge in [0.2, 0.25) is 5.91 Å². The number of rotatable bonds is 2. The molecule has 0 spiro atoms. The van der Waals surface area contributed by atoms with Gasteiger partial charge in [0.15, 0.2) is 9.84 Å². The third-order valence-electron chi connectivity index (χ3n) is 2.87. The van der Waals surface area contributed by atoms with E-state index in [-0.39, 0.29) is 5.75 Å². The second kappa shape index (κ2) is 5.24. The summed E-state index contributed by atoms with van der Waals surface area (Å²) < 4.78 is 23.5. The molecular weight excluding hydrogens is 276 g/mol. The van der Waals surface area contributed by atoms with Gasteiger partial charge < -0.3 is 5.32 Å². The van der Waals surface area contributed by atoms with Crippen molar-refractivity contribution in [3.05, 3.63) is 23.5 Å². The fraction of sp³-hybridized carbons (Fsp3) is 0.455. The van der Waals surface area contributed by atoms with Gasteiger partial charge in [-0.1, -0.05) is 18.0 Å². The number of amides is 1. The summed E-state index contributed by atoms with van der Waals surface area (Å²) >= 11 is 5.62. The highest BCUT2D eigenvalue weighted by atomic mass is 35.5. The molecular formula is C11H13ClN2O3S. The van der Waals surface area contributed by atoms with Crippen molar-refractivity contribution in [2.24, 2.45) is 0 Å². The van der Waals surface area contributed by atoms with Crippen LogP contribution < -0.4 is 5.32 Å². The number of pyridine rings is 1. The van der Waals surface area contributed by atoms with E-state index in [0.717, 1.165) is 6.42 Å². The monoisotopic (exact) mass is 288 g/mol. The third-order valence-corrected chi connectivity index (χ3v) is 5.26. The molecule has 18 heavy (non-hydrogen) atoms. The Hall–Kier alpha value is -1.14. The molecule has 2 rings (SSSR count). The Balaban J connectivity index is 2.10. The molecule has 1 fully saturated rings. The van der Waals surface area contributed by atoms with Gasteiger partial charge in [0.25, 0.3) is 0 Å². The summed E-state index contributed by atoms with van der Waals surface area (Å²) in [6.07, 6.45) is 3.18. The van der Waals surface area contributed by atoms with Gasteiger partial charge in [-0.05, 0) is 25.0 Å². The van der Waals surface area contributed by atoms with Crippen molar-refractivity contribution < 1.29 is 13.2 Å². The third kappa shape index (κ3) is 3.00. The van der Waals surface area contributed by atoms with Gasteiger partial charge in [0.1, 0.15) is 10.4 Å². The van der Waals surface area contributed by atoms with E-state index in [4.69, 9.17) is 11.6 Å². The van der Waals surface area contributed by atoms with Gasteiger partial charge in [0.05, 0.1) is 17.6 Å². The number of nitrogens with one attached hydrogen (secondary N) is 1. The van der Waals surface area contributed by atoms with Crippen LogP contribution in [0.1, 0.15) is 19.3 Å². The second-order valence-electron chi connectivity index (χ2n) is 4.21. The average molecular weight is 289 g/mol. The summed E-state index contributed by atoms with van der Waals surface area (Å²) in [6, 6.07) is 3.12. The van der Waals surface area contributed by atoms with Gasteiger partial charge in [-0.25, -0.2) is 13.4 Å². The first-order valence-electron chi connectivity index (χ1n) is 5.63. The Labute approximate surface area is 110 Å². The molecule has 0 aromatic carbocycles. The molecule has 1 aromatic rings. The minimum atomic E-state index is -3.31. The first kappa shape index (κ1) is 13.3. The van der Waals surface area contributed by atoms with Gasteiger partial charge in [-0.15, -0.1) is 0 Å². The lowest BCUT2D eigenvalue weighted by Crippen LogP contribution is -2.39. The highest BCUT2D eigenvalue weighted by molar-refractivity contribution is 7.92. The molecule has 5 nitrogen and oxygen atoms in total. The van der Waals surface area contributed by atoms with Crippen molar-refractivity contribution in [3.8, 4) is 0 Å². The van der Waals surface area contributed by atoms with Crippen molar-refractivity contribution in [2.75, 3.05) is 11.1 Å². The molecule has 0 aliphatic carbocycles. The summed E-state index contributed by atoms with van der Waals surface area (Å²) in [5, 5.41) is 1.93. The normalized spacial score (nSPS) is 22.4.